The number of hydrogen-bond acceptors (Lipinski definition) is 1. The number of halogens is 3. The maximum absolute atomic E-state index is 13.2. The van der Waals surface area contributed by atoms with E-state index in [1.807, 2.05) is 0 Å². The fraction of sp³-hybridized carbons (Fsp3) is 0.417. The SMILES string of the molecule is O=C(NCCCCCBr)c1ccc(F)cc1F. The highest BCUT2D eigenvalue weighted by Gasteiger charge is 2.11. The highest BCUT2D eigenvalue weighted by atomic mass is 79.9. The van der Waals surface area contributed by atoms with Gasteiger partial charge in [-0.05, 0) is 25.0 Å². The molecule has 1 aromatic rings. The molecule has 0 radical (unpaired) electrons. The van der Waals surface area contributed by atoms with E-state index >= 15 is 0 Å². The summed E-state index contributed by atoms with van der Waals surface area (Å²) in [5.41, 5.74) is -0.119. The van der Waals surface area contributed by atoms with Gasteiger partial charge in [-0.2, -0.15) is 0 Å². The van der Waals surface area contributed by atoms with Crippen LogP contribution in [-0.4, -0.2) is 17.8 Å². The van der Waals surface area contributed by atoms with E-state index in [4.69, 9.17) is 0 Å². The molecule has 1 amide bonds. The normalized spacial score (nSPS) is 10.3. The molecule has 1 rings (SSSR count). The van der Waals surface area contributed by atoms with E-state index < -0.39 is 17.5 Å². The number of benzene rings is 1. The third kappa shape index (κ3) is 4.81. The maximum atomic E-state index is 13.2. The molecule has 0 fully saturated rings. The van der Waals surface area contributed by atoms with E-state index in [-0.39, 0.29) is 5.56 Å². The summed E-state index contributed by atoms with van der Waals surface area (Å²) in [7, 11) is 0. The molecular formula is C12H14BrF2NO. The largest absolute Gasteiger partial charge is 0.352 e. The van der Waals surface area contributed by atoms with Crippen molar-refractivity contribution in [3.05, 3.63) is 35.4 Å². The second kappa shape index (κ2) is 7.37. The Hall–Kier alpha value is -0.970. The van der Waals surface area contributed by atoms with Gasteiger partial charge in [0.15, 0.2) is 0 Å². The Bertz CT molecular complexity index is 385. The predicted octanol–water partition coefficient (Wildman–Crippen LogP) is 3.26. The topological polar surface area (TPSA) is 29.1 Å². The van der Waals surface area contributed by atoms with Crippen LogP contribution < -0.4 is 5.32 Å². The quantitative estimate of drug-likeness (QED) is 0.634. The molecule has 0 aliphatic rings. The number of rotatable bonds is 6. The van der Waals surface area contributed by atoms with Crippen LogP contribution >= 0.6 is 15.9 Å². The van der Waals surface area contributed by atoms with Crippen molar-refractivity contribution in [1.29, 1.82) is 0 Å². The standard InChI is InChI=1S/C12H14BrF2NO/c13-6-2-1-3-7-16-12(17)10-5-4-9(14)8-11(10)15/h4-5,8H,1-3,6-7H2,(H,16,17). The second-order valence-electron chi connectivity index (χ2n) is 3.63. The summed E-state index contributed by atoms with van der Waals surface area (Å²) >= 11 is 3.31. The van der Waals surface area contributed by atoms with E-state index in [2.05, 4.69) is 21.2 Å². The zero-order valence-corrected chi connectivity index (χ0v) is 10.9. The first-order valence-electron chi connectivity index (χ1n) is 5.44. The molecule has 0 atom stereocenters. The minimum atomic E-state index is -0.831. The lowest BCUT2D eigenvalue weighted by Gasteiger charge is -2.05. The molecular weight excluding hydrogens is 292 g/mol. The van der Waals surface area contributed by atoms with Crippen LogP contribution in [0.1, 0.15) is 29.6 Å². The first kappa shape index (κ1) is 14.1. The first-order chi connectivity index (χ1) is 8.15. The van der Waals surface area contributed by atoms with Gasteiger partial charge in [0, 0.05) is 17.9 Å². The van der Waals surface area contributed by atoms with Crippen LogP contribution in [0.5, 0.6) is 0 Å². The summed E-state index contributed by atoms with van der Waals surface area (Å²) in [5, 5.41) is 3.54. The lowest BCUT2D eigenvalue weighted by molar-refractivity contribution is 0.0949. The van der Waals surface area contributed by atoms with Crippen LogP contribution in [0.2, 0.25) is 0 Å². The second-order valence-corrected chi connectivity index (χ2v) is 4.42. The molecule has 5 heteroatoms. The van der Waals surface area contributed by atoms with Crippen molar-refractivity contribution in [1.82, 2.24) is 5.32 Å². The van der Waals surface area contributed by atoms with Gasteiger partial charge in [-0.15, -0.1) is 0 Å². The molecule has 0 aliphatic heterocycles. The van der Waals surface area contributed by atoms with Crippen LogP contribution in [0.4, 0.5) is 8.78 Å². The molecule has 1 aromatic carbocycles. The molecule has 1 N–H and O–H groups in total. The molecule has 17 heavy (non-hydrogen) atoms. The van der Waals surface area contributed by atoms with Gasteiger partial charge < -0.3 is 5.32 Å². The van der Waals surface area contributed by atoms with Crippen molar-refractivity contribution < 1.29 is 13.6 Å². The van der Waals surface area contributed by atoms with Gasteiger partial charge in [-0.25, -0.2) is 8.78 Å². The minimum absolute atomic E-state index is 0.119. The Morgan fingerprint density at radius 1 is 1.24 bits per heavy atom. The van der Waals surface area contributed by atoms with Crippen molar-refractivity contribution in [3.8, 4) is 0 Å². The molecule has 0 saturated heterocycles. The molecule has 0 unspecified atom stereocenters. The highest BCUT2D eigenvalue weighted by Crippen LogP contribution is 2.09. The predicted molar refractivity (Wildman–Crippen MR) is 66.3 cm³/mol. The van der Waals surface area contributed by atoms with Gasteiger partial charge in [-0.1, -0.05) is 22.4 Å². The van der Waals surface area contributed by atoms with Crippen molar-refractivity contribution in [3.63, 3.8) is 0 Å². The number of hydrogen-bond donors (Lipinski definition) is 1. The van der Waals surface area contributed by atoms with E-state index in [0.717, 1.165) is 36.7 Å². The zero-order valence-electron chi connectivity index (χ0n) is 9.31. The van der Waals surface area contributed by atoms with E-state index in [1.165, 1.54) is 0 Å². The summed E-state index contributed by atoms with van der Waals surface area (Å²) in [6.07, 6.45) is 2.89. The number of nitrogens with one attached hydrogen (secondary N) is 1. The molecule has 0 aromatic heterocycles. The zero-order chi connectivity index (χ0) is 12.7. The van der Waals surface area contributed by atoms with Crippen LogP contribution in [-0.2, 0) is 0 Å². The number of unbranched alkanes of at least 4 members (excludes halogenated alkanes) is 2. The molecule has 0 heterocycles. The van der Waals surface area contributed by atoms with Gasteiger partial charge in [-0.3, -0.25) is 4.79 Å². The molecule has 2 nitrogen and oxygen atoms in total. The number of carbonyl (C=O) groups excluding carboxylic acids is 1. The van der Waals surface area contributed by atoms with Crippen molar-refractivity contribution >= 4 is 21.8 Å². The van der Waals surface area contributed by atoms with Crippen LogP contribution in [0, 0.1) is 11.6 Å². The molecule has 0 aliphatic carbocycles. The lowest BCUT2D eigenvalue weighted by Crippen LogP contribution is -2.25. The van der Waals surface area contributed by atoms with Crippen LogP contribution in [0.25, 0.3) is 0 Å². The molecule has 0 bridgehead atoms. The third-order valence-corrected chi connectivity index (χ3v) is 2.83. The van der Waals surface area contributed by atoms with Gasteiger partial charge in [0.25, 0.3) is 5.91 Å². The Labute approximate surface area is 108 Å². The van der Waals surface area contributed by atoms with E-state index in [0.29, 0.717) is 12.6 Å². The number of alkyl halides is 1. The molecule has 94 valence electrons. The molecule has 0 spiro atoms. The van der Waals surface area contributed by atoms with Gasteiger partial charge in [0.05, 0.1) is 5.56 Å². The summed E-state index contributed by atoms with van der Waals surface area (Å²) < 4.78 is 25.8. The van der Waals surface area contributed by atoms with Gasteiger partial charge >= 0.3 is 0 Å². The fourth-order valence-electron chi connectivity index (χ4n) is 1.37. The lowest BCUT2D eigenvalue weighted by atomic mass is 10.2. The van der Waals surface area contributed by atoms with Crippen LogP contribution in [0.15, 0.2) is 18.2 Å². The maximum Gasteiger partial charge on any atom is 0.254 e. The first-order valence-corrected chi connectivity index (χ1v) is 6.56. The Kier molecular flexibility index (Phi) is 6.11. The average Bonchev–Trinajstić information content (AvgIpc) is 2.28. The minimum Gasteiger partial charge on any atom is -0.352 e. The fourth-order valence-corrected chi connectivity index (χ4v) is 1.76. The Morgan fingerprint density at radius 3 is 2.65 bits per heavy atom. The Balaban J connectivity index is 2.42. The Morgan fingerprint density at radius 2 is 2.00 bits per heavy atom. The van der Waals surface area contributed by atoms with Crippen LogP contribution in [0.3, 0.4) is 0 Å². The average molecular weight is 306 g/mol. The smallest absolute Gasteiger partial charge is 0.254 e. The molecule has 0 saturated carbocycles. The summed E-state index contributed by atoms with van der Waals surface area (Å²) in [6, 6.07) is 2.93. The monoisotopic (exact) mass is 305 g/mol. The van der Waals surface area contributed by atoms with E-state index in [9.17, 15) is 13.6 Å². The van der Waals surface area contributed by atoms with Crippen molar-refractivity contribution in [2.24, 2.45) is 0 Å². The van der Waals surface area contributed by atoms with Gasteiger partial charge in [0.2, 0.25) is 0 Å². The number of amides is 1. The highest BCUT2D eigenvalue weighted by molar-refractivity contribution is 9.09. The third-order valence-electron chi connectivity index (χ3n) is 2.27. The number of carbonyl (C=O) groups is 1. The van der Waals surface area contributed by atoms with E-state index in [1.54, 1.807) is 0 Å². The van der Waals surface area contributed by atoms with Crippen molar-refractivity contribution in [2.45, 2.75) is 19.3 Å². The summed E-state index contributed by atoms with van der Waals surface area (Å²) in [5.74, 6) is -2.01. The van der Waals surface area contributed by atoms with Gasteiger partial charge in [0.1, 0.15) is 11.6 Å². The summed E-state index contributed by atoms with van der Waals surface area (Å²) in [6.45, 7) is 0.503. The van der Waals surface area contributed by atoms with Crippen molar-refractivity contribution in [2.75, 3.05) is 11.9 Å². The summed E-state index contributed by atoms with van der Waals surface area (Å²) in [4.78, 5) is 11.5.